The zero-order chi connectivity index (χ0) is 22.4. The number of hydrogen-bond donors (Lipinski definition) is 1. The second-order valence-corrected chi connectivity index (χ2v) is 8.47. The molecule has 0 saturated carbocycles. The number of imidazole rings is 1. The van der Waals surface area contributed by atoms with Crippen LogP contribution in [0.25, 0.3) is 10.1 Å². The van der Waals surface area contributed by atoms with Crippen LogP contribution >= 0.6 is 46.1 Å². The number of fused-ring (bicyclic) bond motifs is 1. The molecule has 1 atom stereocenters. The van der Waals surface area contributed by atoms with Gasteiger partial charge in [-0.25, -0.2) is 4.98 Å². The van der Waals surface area contributed by atoms with Gasteiger partial charge in [-0.3, -0.25) is 0 Å². The Hall–Kier alpha value is -2.36. The summed E-state index contributed by atoms with van der Waals surface area (Å²) in [5.74, 6) is 0. The predicted octanol–water partition coefficient (Wildman–Crippen LogP) is 6.67. The summed E-state index contributed by atoms with van der Waals surface area (Å²) in [5.41, 5.74) is 2.01. The van der Waals surface area contributed by atoms with Crippen LogP contribution in [-0.4, -0.2) is 19.8 Å². The summed E-state index contributed by atoms with van der Waals surface area (Å²) in [7, 11) is 0. The fraction of sp³-hybridized carbons (Fsp3) is 0.150. The Bertz CT molecular complexity index is 1160. The van der Waals surface area contributed by atoms with Gasteiger partial charge in [0.25, 0.3) is 5.09 Å². The number of ether oxygens (including phenoxy) is 1. The van der Waals surface area contributed by atoms with Crippen LogP contribution in [0.2, 0.25) is 15.1 Å². The second-order valence-electron chi connectivity index (χ2n) is 6.34. The summed E-state index contributed by atoms with van der Waals surface area (Å²) in [4.78, 5) is 12.5. The number of thiophene rings is 1. The Balaban J connectivity index is 0.000000628. The van der Waals surface area contributed by atoms with Crippen LogP contribution in [0.4, 0.5) is 0 Å². The SMILES string of the molecule is Clc1ccc(C(Cn2ccnc2)OCc2csc3c(Cl)cccc23)c(Cl)c1.O=[N+]([O-])O. The van der Waals surface area contributed by atoms with E-state index in [-0.39, 0.29) is 6.10 Å². The number of halogens is 3. The Morgan fingerprint density at radius 2 is 2.00 bits per heavy atom. The highest BCUT2D eigenvalue weighted by molar-refractivity contribution is 7.18. The maximum atomic E-state index is 8.36. The van der Waals surface area contributed by atoms with E-state index >= 15 is 0 Å². The second kappa shape index (κ2) is 10.8. The molecule has 1 unspecified atom stereocenters. The van der Waals surface area contributed by atoms with E-state index in [2.05, 4.69) is 16.4 Å². The Kier molecular flexibility index (Phi) is 8.11. The summed E-state index contributed by atoms with van der Waals surface area (Å²) in [6, 6.07) is 11.4. The van der Waals surface area contributed by atoms with Crippen LogP contribution in [0.15, 0.2) is 60.5 Å². The Labute approximate surface area is 196 Å². The minimum atomic E-state index is -1.50. The van der Waals surface area contributed by atoms with Gasteiger partial charge in [0.15, 0.2) is 0 Å². The van der Waals surface area contributed by atoms with E-state index in [1.54, 1.807) is 29.9 Å². The highest BCUT2D eigenvalue weighted by Crippen LogP contribution is 2.35. The van der Waals surface area contributed by atoms with Gasteiger partial charge in [0, 0.05) is 28.0 Å². The summed E-state index contributed by atoms with van der Waals surface area (Å²) >= 11 is 20.4. The topological polar surface area (TPSA) is 90.4 Å². The van der Waals surface area contributed by atoms with E-state index in [0.29, 0.717) is 23.2 Å². The molecule has 162 valence electrons. The van der Waals surface area contributed by atoms with E-state index in [1.807, 2.05) is 35.0 Å². The third-order valence-electron chi connectivity index (χ3n) is 4.32. The lowest BCUT2D eigenvalue weighted by atomic mass is 10.1. The average molecular weight is 501 g/mol. The standard InChI is InChI=1S/C20H15Cl3N2OS.HNO3/c21-14-4-5-16(18(23)8-14)19(9-25-7-6-24-12-25)26-10-13-11-27-20-15(13)2-1-3-17(20)22;2-1(3)4/h1-8,11-12,19H,9-10H2;(H,2,3,4). The van der Waals surface area contributed by atoms with Crippen LogP contribution in [0.3, 0.4) is 0 Å². The van der Waals surface area contributed by atoms with Gasteiger partial charge in [-0.05, 0) is 34.5 Å². The van der Waals surface area contributed by atoms with Gasteiger partial charge in [0.05, 0.1) is 29.2 Å². The molecule has 2 aromatic carbocycles. The summed E-state index contributed by atoms with van der Waals surface area (Å²) in [6.07, 6.45) is 5.17. The van der Waals surface area contributed by atoms with E-state index in [4.69, 9.17) is 54.9 Å². The first-order chi connectivity index (χ1) is 14.8. The molecule has 4 rings (SSSR count). The Morgan fingerprint density at radius 3 is 2.68 bits per heavy atom. The van der Waals surface area contributed by atoms with Gasteiger partial charge in [-0.2, -0.15) is 0 Å². The third kappa shape index (κ3) is 6.32. The number of rotatable bonds is 6. The molecular weight excluding hydrogens is 485 g/mol. The molecule has 0 amide bonds. The Morgan fingerprint density at radius 1 is 1.23 bits per heavy atom. The molecular formula is C20H16Cl3N3O4S. The first-order valence-corrected chi connectivity index (χ1v) is 10.9. The fourth-order valence-corrected chi connectivity index (χ4v) is 4.77. The van der Waals surface area contributed by atoms with Crippen molar-refractivity contribution in [3.63, 3.8) is 0 Å². The lowest BCUT2D eigenvalue weighted by Crippen LogP contribution is -2.12. The average Bonchev–Trinajstić information content (AvgIpc) is 3.35. The van der Waals surface area contributed by atoms with Crippen molar-refractivity contribution in [3.8, 4) is 0 Å². The number of nitrogens with zero attached hydrogens (tertiary/aromatic N) is 3. The van der Waals surface area contributed by atoms with Gasteiger partial charge < -0.3 is 14.5 Å². The van der Waals surface area contributed by atoms with Crippen LogP contribution < -0.4 is 0 Å². The van der Waals surface area contributed by atoms with Crippen molar-refractivity contribution in [2.24, 2.45) is 0 Å². The molecule has 0 fully saturated rings. The maximum Gasteiger partial charge on any atom is 0.291 e. The number of aromatic nitrogens is 2. The number of hydrogen-bond acceptors (Lipinski definition) is 5. The molecule has 0 aliphatic rings. The molecule has 0 aliphatic heterocycles. The smallest absolute Gasteiger partial charge is 0.291 e. The van der Waals surface area contributed by atoms with Crippen molar-refractivity contribution in [1.82, 2.24) is 9.55 Å². The highest BCUT2D eigenvalue weighted by atomic mass is 35.5. The van der Waals surface area contributed by atoms with Crippen molar-refractivity contribution in [3.05, 3.63) is 96.8 Å². The van der Waals surface area contributed by atoms with Crippen LogP contribution in [-0.2, 0) is 17.9 Å². The fourth-order valence-electron chi connectivity index (χ4n) is 2.97. The first kappa shape index (κ1) is 23.3. The quantitative estimate of drug-likeness (QED) is 0.236. The van der Waals surface area contributed by atoms with Crippen molar-refractivity contribution in [2.75, 3.05) is 0 Å². The van der Waals surface area contributed by atoms with Gasteiger partial charge in [0.1, 0.15) is 6.10 Å². The largest absolute Gasteiger partial charge is 0.367 e. The molecule has 0 radical (unpaired) electrons. The monoisotopic (exact) mass is 499 g/mol. The molecule has 4 aromatic rings. The lowest BCUT2D eigenvalue weighted by molar-refractivity contribution is -0.742. The molecule has 31 heavy (non-hydrogen) atoms. The predicted molar refractivity (Wildman–Crippen MR) is 122 cm³/mol. The first-order valence-electron chi connectivity index (χ1n) is 8.85. The van der Waals surface area contributed by atoms with E-state index in [0.717, 1.165) is 26.2 Å². The molecule has 0 bridgehead atoms. The molecule has 2 heterocycles. The summed E-state index contributed by atoms with van der Waals surface area (Å²) in [6.45, 7) is 1.06. The zero-order valence-corrected chi connectivity index (χ0v) is 18.9. The van der Waals surface area contributed by atoms with E-state index in [1.165, 1.54) is 0 Å². The summed E-state index contributed by atoms with van der Waals surface area (Å²) < 4.78 is 9.35. The molecule has 0 spiro atoms. The van der Waals surface area contributed by atoms with Gasteiger partial charge in [-0.15, -0.1) is 21.5 Å². The molecule has 0 saturated heterocycles. The van der Waals surface area contributed by atoms with Gasteiger partial charge >= 0.3 is 0 Å². The summed E-state index contributed by atoms with van der Waals surface area (Å²) in [5, 5.41) is 18.8. The molecule has 11 heteroatoms. The number of benzene rings is 2. The van der Waals surface area contributed by atoms with Crippen molar-refractivity contribution in [2.45, 2.75) is 19.3 Å². The van der Waals surface area contributed by atoms with Crippen molar-refractivity contribution >= 4 is 56.2 Å². The maximum absolute atomic E-state index is 8.36. The van der Waals surface area contributed by atoms with Gasteiger partial charge in [0.2, 0.25) is 0 Å². The lowest BCUT2D eigenvalue weighted by Gasteiger charge is -2.20. The molecule has 0 aliphatic carbocycles. The zero-order valence-electron chi connectivity index (χ0n) is 15.8. The highest BCUT2D eigenvalue weighted by Gasteiger charge is 2.18. The molecule has 7 nitrogen and oxygen atoms in total. The van der Waals surface area contributed by atoms with Crippen LogP contribution in [0, 0.1) is 10.1 Å². The molecule has 1 N–H and O–H groups in total. The van der Waals surface area contributed by atoms with Crippen LogP contribution in [0.5, 0.6) is 0 Å². The van der Waals surface area contributed by atoms with Crippen molar-refractivity contribution < 1.29 is 15.0 Å². The minimum Gasteiger partial charge on any atom is -0.367 e. The van der Waals surface area contributed by atoms with Crippen LogP contribution in [0.1, 0.15) is 17.2 Å². The molecule has 2 aromatic heterocycles. The van der Waals surface area contributed by atoms with E-state index in [9.17, 15) is 0 Å². The van der Waals surface area contributed by atoms with Crippen molar-refractivity contribution in [1.29, 1.82) is 0 Å². The third-order valence-corrected chi connectivity index (χ3v) is 6.38. The van der Waals surface area contributed by atoms with E-state index < -0.39 is 5.09 Å². The normalized spacial score (nSPS) is 11.7. The van der Waals surface area contributed by atoms with Gasteiger partial charge in [-0.1, -0.05) is 53.0 Å². The minimum absolute atomic E-state index is 0.238.